The molecule has 0 saturated carbocycles. The summed E-state index contributed by atoms with van der Waals surface area (Å²) in [5.74, 6) is 0. The monoisotopic (exact) mass is 805 g/mol. The first-order chi connectivity index (χ1) is 31.0. The molecule has 0 amide bonds. The number of fused-ring (bicyclic) bond motifs is 7. The Morgan fingerprint density at radius 3 is 1.75 bits per heavy atom. The second kappa shape index (κ2) is 14.6. The van der Waals surface area contributed by atoms with Gasteiger partial charge >= 0.3 is 0 Å². The molecule has 0 N–H and O–H groups in total. The van der Waals surface area contributed by atoms with Gasteiger partial charge in [0.05, 0.1) is 11.2 Å². The molecule has 3 heteroatoms. The minimum Gasteiger partial charge on any atom is -0.310 e. The van der Waals surface area contributed by atoms with Gasteiger partial charge in [-0.25, -0.2) is 4.52 Å². The molecule has 298 valence electrons. The number of benzene rings is 9. The molecule has 2 heterocycles. The van der Waals surface area contributed by atoms with E-state index in [9.17, 15) is 0 Å². The van der Waals surface area contributed by atoms with Crippen LogP contribution in [0.4, 0.5) is 17.1 Å². The van der Waals surface area contributed by atoms with Gasteiger partial charge in [-0.05, 0) is 104 Å². The normalized spacial score (nSPS) is 12.7. The Labute approximate surface area is 367 Å². The summed E-state index contributed by atoms with van der Waals surface area (Å²) in [5, 5.41) is 10.2. The van der Waals surface area contributed by atoms with Crippen LogP contribution in [-0.4, -0.2) is 9.61 Å². The van der Waals surface area contributed by atoms with Gasteiger partial charge in [-0.1, -0.05) is 190 Å². The van der Waals surface area contributed by atoms with Crippen molar-refractivity contribution in [3.63, 3.8) is 0 Å². The van der Waals surface area contributed by atoms with Gasteiger partial charge in [-0.3, -0.25) is 0 Å². The van der Waals surface area contributed by atoms with E-state index in [1.54, 1.807) is 0 Å². The molecule has 11 aromatic rings. The van der Waals surface area contributed by atoms with Crippen LogP contribution in [0.3, 0.4) is 0 Å². The fraction of sp³-hybridized carbons (Fsp3) is 0.0500. The van der Waals surface area contributed by atoms with Gasteiger partial charge in [-0.15, -0.1) is 0 Å². The SMILES string of the molecule is CC1(C)c2ccccc2-c2ccc(N(c3ccc(-c4ccc5ccccc5c4)cc3)c3ccc4c(c3)cc(-c3ccccc3)n3nc(-c5ccccc5)c(-c5ccccc5)c43)cc21. The van der Waals surface area contributed by atoms with Crippen molar-refractivity contribution in [2.75, 3.05) is 4.90 Å². The molecule has 0 unspecified atom stereocenters. The minimum atomic E-state index is -0.139. The maximum Gasteiger partial charge on any atom is 0.101 e. The van der Waals surface area contributed by atoms with Gasteiger partial charge in [0.25, 0.3) is 0 Å². The highest BCUT2D eigenvalue weighted by molar-refractivity contribution is 6.09. The third-order valence-electron chi connectivity index (χ3n) is 13.2. The first-order valence-corrected chi connectivity index (χ1v) is 21.8. The number of nitrogens with zero attached hydrogens (tertiary/aromatic N) is 3. The number of pyridine rings is 1. The average Bonchev–Trinajstić information content (AvgIpc) is 3.85. The van der Waals surface area contributed by atoms with E-state index in [1.165, 1.54) is 44.2 Å². The first-order valence-electron chi connectivity index (χ1n) is 21.8. The quantitative estimate of drug-likeness (QED) is 0.160. The Kier molecular flexibility index (Phi) is 8.52. The molecule has 1 aliphatic rings. The lowest BCUT2D eigenvalue weighted by molar-refractivity contribution is 0.660. The van der Waals surface area contributed by atoms with Gasteiger partial charge in [0, 0.05) is 44.6 Å². The summed E-state index contributed by atoms with van der Waals surface area (Å²) in [6, 6.07) is 81.6. The van der Waals surface area contributed by atoms with Crippen molar-refractivity contribution in [2.24, 2.45) is 0 Å². The van der Waals surface area contributed by atoms with Gasteiger partial charge < -0.3 is 4.90 Å². The zero-order valence-electron chi connectivity index (χ0n) is 35.2. The maximum absolute atomic E-state index is 5.46. The summed E-state index contributed by atoms with van der Waals surface area (Å²) < 4.78 is 2.17. The van der Waals surface area contributed by atoms with Crippen molar-refractivity contribution in [2.45, 2.75) is 19.3 Å². The van der Waals surface area contributed by atoms with Crippen LogP contribution < -0.4 is 4.90 Å². The first kappa shape index (κ1) is 36.8. The Hall–Kier alpha value is -8.01. The topological polar surface area (TPSA) is 20.5 Å². The Bertz CT molecular complexity index is 3510. The number of hydrogen-bond acceptors (Lipinski definition) is 2. The van der Waals surface area contributed by atoms with E-state index >= 15 is 0 Å². The van der Waals surface area contributed by atoms with Crippen molar-refractivity contribution in [3.05, 3.63) is 236 Å². The Morgan fingerprint density at radius 1 is 0.397 bits per heavy atom. The van der Waals surface area contributed by atoms with Crippen LogP contribution in [0.15, 0.2) is 224 Å². The molecule has 0 spiro atoms. The number of hydrogen-bond donors (Lipinski definition) is 0. The molecule has 0 fully saturated rings. The second-order valence-corrected chi connectivity index (χ2v) is 17.2. The van der Waals surface area contributed by atoms with Crippen LogP contribution in [0, 0.1) is 0 Å². The van der Waals surface area contributed by atoms with Gasteiger partial charge in [-0.2, -0.15) is 5.10 Å². The predicted octanol–water partition coefficient (Wildman–Crippen LogP) is 16.1. The zero-order chi connectivity index (χ0) is 42.1. The van der Waals surface area contributed by atoms with Crippen LogP contribution in [0.2, 0.25) is 0 Å². The minimum absolute atomic E-state index is 0.139. The summed E-state index contributed by atoms with van der Waals surface area (Å²) >= 11 is 0. The molecule has 12 rings (SSSR count). The van der Waals surface area contributed by atoms with E-state index in [4.69, 9.17) is 5.10 Å². The summed E-state index contributed by atoms with van der Waals surface area (Å²) in [7, 11) is 0. The molecule has 0 bridgehead atoms. The van der Waals surface area contributed by atoms with E-state index in [-0.39, 0.29) is 5.41 Å². The maximum atomic E-state index is 5.46. The predicted molar refractivity (Wildman–Crippen MR) is 264 cm³/mol. The summed E-state index contributed by atoms with van der Waals surface area (Å²) in [4.78, 5) is 2.43. The number of anilines is 3. The highest BCUT2D eigenvalue weighted by Gasteiger charge is 2.36. The molecule has 1 aliphatic carbocycles. The summed E-state index contributed by atoms with van der Waals surface area (Å²) in [6.45, 7) is 4.71. The van der Waals surface area contributed by atoms with E-state index in [2.05, 4.69) is 248 Å². The molecular formula is C60H43N3. The van der Waals surface area contributed by atoms with Crippen LogP contribution in [0.5, 0.6) is 0 Å². The third-order valence-corrected chi connectivity index (χ3v) is 13.2. The molecule has 0 radical (unpaired) electrons. The second-order valence-electron chi connectivity index (χ2n) is 17.2. The van der Waals surface area contributed by atoms with E-state index in [1.807, 2.05) is 0 Å². The third kappa shape index (κ3) is 6.07. The van der Waals surface area contributed by atoms with Crippen molar-refractivity contribution in [1.82, 2.24) is 9.61 Å². The number of rotatable bonds is 7. The van der Waals surface area contributed by atoms with Gasteiger partial charge in [0.1, 0.15) is 5.69 Å². The summed E-state index contributed by atoms with van der Waals surface area (Å²) in [6.07, 6.45) is 0. The Balaban J connectivity index is 1.08. The highest BCUT2D eigenvalue weighted by Crippen LogP contribution is 2.51. The van der Waals surface area contributed by atoms with Gasteiger partial charge in [0.15, 0.2) is 0 Å². The highest BCUT2D eigenvalue weighted by atomic mass is 15.2. The lowest BCUT2D eigenvalue weighted by Crippen LogP contribution is -2.16. The van der Waals surface area contributed by atoms with E-state index in [0.717, 1.165) is 67.0 Å². The molecule has 0 atom stereocenters. The smallest absolute Gasteiger partial charge is 0.101 e. The van der Waals surface area contributed by atoms with Crippen molar-refractivity contribution < 1.29 is 0 Å². The van der Waals surface area contributed by atoms with Gasteiger partial charge in [0.2, 0.25) is 0 Å². The molecule has 63 heavy (non-hydrogen) atoms. The molecule has 0 aliphatic heterocycles. The molecule has 3 nitrogen and oxygen atoms in total. The lowest BCUT2D eigenvalue weighted by atomic mass is 9.82. The van der Waals surface area contributed by atoms with Crippen LogP contribution >= 0.6 is 0 Å². The zero-order valence-corrected chi connectivity index (χ0v) is 35.2. The van der Waals surface area contributed by atoms with Crippen molar-refractivity contribution >= 4 is 44.1 Å². The summed E-state index contributed by atoms with van der Waals surface area (Å²) in [5.41, 5.74) is 18.4. The molecular weight excluding hydrogens is 763 g/mol. The standard InChI is InChI=1S/C60H43N3/c1-60(2)54-25-15-14-24-52(54)53-35-33-50(39-55(53)60)62(48-30-28-41(29-31-48)46-27-26-40-16-12-13-23-45(40)36-46)49-32-34-51-47(37-49)38-56(42-17-6-3-7-18-42)63-59(51)57(43-19-8-4-9-20-43)58(61-63)44-21-10-5-11-22-44/h3-39H,1-2H3. The van der Waals surface area contributed by atoms with Crippen molar-refractivity contribution in [3.8, 4) is 55.9 Å². The van der Waals surface area contributed by atoms with Crippen molar-refractivity contribution in [1.29, 1.82) is 0 Å². The fourth-order valence-corrected chi connectivity index (χ4v) is 10.0. The van der Waals surface area contributed by atoms with Crippen LogP contribution in [-0.2, 0) is 5.41 Å². The molecule has 0 saturated heterocycles. The van der Waals surface area contributed by atoms with E-state index in [0.29, 0.717) is 0 Å². The van der Waals surface area contributed by atoms with Crippen LogP contribution in [0.25, 0.3) is 83.0 Å². The fourth-order valence-electron chi connectivity index (χ4n) is 10.0. The molecule has 9 aromatic carbocycles. The largest absolute Gasteiger partial charge is 0.310 e. The lowest BCUT2D eigenvalue weighted by Gasteiger charge is -2.28. The average molecular weight is 806 g/mol. The number of aromatic nitrogens is 2. The molecule has 2 aromatic heterocycles. The van der Waals surface area contributed by atoms with E-state index < -0.39 is 0 Å². The Morgan fingerprint density at radius 2 is 0.984 bits per heavy atom. The van der Waals surface area contributed by atoms with Crippen LogP contribution in [0.1, 0.15) is 25.0 Å².